The number of hydrogen-bond acceptors (Lipinski definition) is 2. The molecule has 1 aromatic carbocycles. The van der Waals surface area contributed by atoms with Gasteiger partial charge in [-0.05, 0) is 30.5 Å². The second kappa shape index (κ2) is 8.20. The van der Waals surface area contributed by atoms with Gasteiger partial charge in [-0.3, -0.25) is 0 Å². The minimum atomic E-state index is -0.136. The summed E-state index contributed by atoms with van der Waals surface area (Å²) in [4.78, 5) is 0. The van der Waals surface area contributed by atoms with Gasteiger partial charge in [-0.25, -0.2) is 4.39 Å². The summed E-state index contributed by atoms with van der Waals surface area (Å²) in [6, 6.07) is 5.34. The summed E-state index contributed by atoms with van der Waals surface area (Å²) < 4.78 is 18.7. The van der Waals surface area contributed by atoms with Crippen LogP contribution in [0.15, 0.2) is 18.2 Å². The van der Waals surface area contributed by atoms with Crippen molar-refractivity contribution in [2.24, 2.45) is 0 Å². The summed E-state index contributed by atoms with van der Waals surface area (Å²) in [5, 5.41) is 3.23. The fraction of sp³-hybridized carbons (Fsp3) is 0.571. The van der Waals surface area contributed by atoms with Crippen LogP contribution >= 0.6 is 0 Å². The molecule has 0 fully saturated rings. The van der Waals surface area contributed by atoms with Gasteiger partial charge in [0.25, 0.3) is 0 Å². The molecule has 0 aliphatic heterocycles. The lowest BCUT2D eigenvalue weighted by Gasteiger charge is -2.06. The second-order valence-corrected chi connectivity index (χ2v) is 4.23. The number of benzene rings is 1. The molecule has 0 aromatic heterocycles. The number of rotatable bonds is 8. The van der Waals surface area contributed by atoms with Crippen molar-refractivity contribution in [3.8, 4) is 0 Å². The predicted octanol–water partition coefficient (Wildman–Crippen LogP) is 3.04. The van der Waals surface area contributed by atoms with E-state index in [0.717, 1.165) is 31.6 Å². The van der Waals surface area contributed by atoms with E-state index in [1.165, 1.54) is 0 Å². The Morgan fingerprint density at radius 2 is 2.12 bits per heavy atom. The highest BCUT2D eigenvalue weighted by Crippen LogP contribution is 2.08. The number of ether oxygens (including phenoxy) is 1. The minimum Gasteiger partial charge on any atom is -0.380 e. The van der Waals surface area contributed by atoms with Crippen molar-refractivity contribution in [1.29, 1.82) is 0 Å². The molecule has 0 aliphatic rings. The summed E-state index contributed by atoms with van der Waals surface area (Å²) in [7, 11) is 0. The van der Waals surface area contributed by atoms with E-state index in [1.807, 2.05) is 12.1 Å². The molecule has 0 amide bonds. The fourth-order valence-electron chi connectivity index (χ4n) is 1.47. The van der Waals surface area contributed by atoms with Crippen LogP contribution in [0.4, 0.5) is 4.39 Å². The maximum absolute atomic E-state index is 13.2. The standard InChI is InChI=1S/C14H22FNO/c1-3-4-8-17-9-7-16-11-13-6-5-12(2)14(15)10-13/h5-6,10,16H,3-4,7-9,11H2,1-2H3. The van der Waals surface area contributed by atoms with Gasteiger partial charge in [0.1, 0.15) is 5.82 Å². The first-order valence-electron chi connectivity index (χ1n) is 6.27. The van der Waals surface area contributed by atoms with Crippen molar-refractivity contribution in [3.05, 3.63) is 35.1 Å². The summed E-state index contributed by atoms with van der Waals surface area (Å²) in [5.41, 5.74) is 1.67. The largest absolute Gasteiger partial charge is 0.380 e. The molecule has 0 aliphatic carbocycles. The van der Waals surface area contributed by atoms with E-state index in [9.17, 15) is 4.39 Å². The Morgan fingerprint density at radius 1 is 1.29 bits per heavy atom. The molecule has 0 atom stereocenters. The van der Waals surface area contributed by atoms with E-state index in [0.29, 0.717) is 18.7 Å². The number of unbranched alkanes of at least 4 members (excludes halogenated alkanes) is 1. The van der Waals surface area contributed by atoms with Crippen molar-refractivity contribution < 1.29 is 9.13 Å². The molecule has 17 heavy (non-hydrogen) atoms. The fourth-order valence-corrected chi connectivity index (χ4v) is 1.47. The normalized spacial score (nSPS) is 10.8. The van der Waals surface area contributed by atoms with Crippen LogP contribution in [0.25, 0.3) is 0 Å². The Balaban J connectivity index is 2.11. The maximum Gasteiger partial charge on any atom is 0.126 e. The van der Waals surface area contributed by atoms with Crippen molar-refractivity contribution >= 4 is 0 Å². The minimum absolute atomic E-state index is 0.136. The molecular weight excluding hydrogens is 217 g/mol. The van der Waals surface area contributed by atoms with Crippen molar-refractivity contribution in [3.63, 3.8) is 0 Å². The molecule has 0 spiro atoms. The molecule has 96 valence electrons. The van der Waals surface area contributed by atoms with Crippen molar-refractivity contribution in [2.45, 2.75) is 33.2 Å². The Bertz CT molecular complexity index is 328. The molecule has 2 nitrogen and oxygen atoms in total. The lowest BCUT2D eigenvalue weighted by atomic mass is 10.1. The topological polar surface area (TPSA) is 21.3 Å². The van der Waals surface area contributed by atoms with Gasteiger partial charge in [0.05, 0.1) is 6.61 Å². The molecule has 1 aromatic rings. The molecule has 0 saturated heterocycles. The molecule has 0 saturated carbocycles. The van der Waals surface area contributed by atoms with Crippen LogP contribution in [0.5, 0.6) is 0 Å². The predicted molar refractivity (Wildman–Crippen MR) is 68.6 cm³/mol. The van der Waals surface area contributed by atoms with Gasteiger partial charge in [-0.15, -0.1) is 0 Å². The van der Waals surface area contributed by atoms with Crippen LogP contribution in [0.1, 0.15) is 30.9 Å². The first-order chi connectivity index (χ1) is 8.24. The van der Waals surface area contributed by atoms with E-state index in [2.05, 4.69) is 12.2 Å². The number of nitrogens with one attached hydrogen (secondary N) is 1. The van der Waals surface area contributed by atoms with E-state index in [4.69, 9.17) is 4.74 Å². The lowest BCUT2D eigenvalue weighted by molar-refractivity contribution is 0.133. The quantitative estimate of drug-likeness (QED) is 0.704. The van der Waals surface area contributed by atoms with E-state index in [-0.39, 0.29) is 5.82 Å². The highest BCUT2D eigenvalue weighted by atomic mass is 19.1. The van der Waals surface area contributed by atoms with Gasteiger partial charge in [0, 0.05) is 19.7 Å². The van der Waals surface area contributed by atoms with Gasteiger partial charge in [0.15, 0.2) is 0 Å². The third-order valence-electron chi connectivity index (χ3n) is 2.63. The first kappa shape index (κ1) is 14.1. The van der Waals surface area contributed by atoms with Gasteiger partial charge >= 0.3 is 0 Å². The van der Waals surface area contributed by atoms with E-state index >= 15 is 0 Å². The summed E-state index contributed by atoms with van der Waals surface area (Å²) >= 11 is 0. The average Bonchev–Trinajstić information content (AvgIpc) is 2.32. The van der Waals surface area contributed by atoms with Crippen LogP contribution in [0, 0.1) is 12.7 Å². The Labute approximate surface area is 103 Å². The number of halogens is 1. The van der Waals surface area contributed by atoms with Crippen LogP contribution in [0.2, 0.25) is 0 Å². The summed E-state index contributed by atoms with van der Waals surface area (Å²) in [6.45, 7) is 6.96. The molecular formula is C14H22FNO. The van der Waals surface area contributed by atoms with Crippen LogP contribution in [-0.4, -0.2) is 19.8 Å². The maximum atomic E-state index is 13.2. The van der Waals surface area contributed by atoms with E-state index in [1.54, 1.807) is 13.0 Å². The number of aryl methyl sites for hydroxylation is 1. The zero-order chi connectivity index (χ0) is 12.5. The first-order valence-corrected chi connectivity index (χ1v) is 6.27. The molecule has 0 bridgehead atoms. The average molecular weight is 239 g/mol. The van der Waals surface area contributed by atoms with Crippen molar-refractivity contribution in [2.75, 3.05) is 19.8 Å². The summed E-state index contributed by atoms with van der Waals surface area (Å²) in [6.07, 6.45) is 2.28. The number of hydrogen-bond donors (Lipinski definition) is 1. The SMILES string of the molecule is CCCCOCCNCc1ccc(C)c(F)c1. The van der Waals surface area contributed by atoms with Crippen molar-refractivity contribution in [1.82, 2.24) is 5.32 Å². The van der Waals surface area contributed by atoms with Crippen LogP contribution < -0.4 is 5.32 Å². The molecule has 0 heterocycles. The van der Waals surface area contributed by atoms with Crippen LogP contribution in [0.3, 0.4) is 0 Å². The lowest BCUT2D eigenvalue weighted by Crippen LogP contribution is -2.19. The van der Waals surface area contributed by atoms with Crippen LogP contribution in [-0.2, 0) is 11.3 Å². The summed E-state index contributed by atoms with van der Waals surface area (Å²) in [5.74, 6) is -0.136. The molecule has 1 rings (SSSR count). The zero-order valence-corrected chi connectivity index (χ0v) is 10.8. The molecule has 0 unspecified atom stereocenters. The monoisotopic (exact) mass is 239 g/mol. The Kier molecular flexibility index (Phi) is 6.82. The molecule has 3 heteroatoms. The highest BCUT2D eigenvalue weighted by Gasteiger charge is 1.98. The van der Waals surface area contributed by atoms with Gasteiger partial charge < -0.3 is 10.1 Å². The third kappa shape index (κ3) is 5.80. The Morgan fingerprint density at radius 3 is 2.82 bits per heavy atom. The van der Waals surface area contributed by atoms with Gasteiger partial charge in [-0.2, -0.15) is 0 Å². The Hall–Kier alpha value is -0.930. The smallest absolute Gasteiger partial charge is 0.126 e. The van der Waals surface area contributed by atoms with E-state index < -0.39 is 0 Å². The third-order valence-corrected chi connectivity index (χ3v) is 2.63. The molecule has 0 radical (unpaired) electrons. The van der Waals surface area contributed by atoms with Gasteiger partial charge in [0.2, 0.25) is 0 Å². The highest BCUT2D eigenvalue weighted by molar-refractivity contribution is 5.23. The molecule has 1 N–H and O–H groups in total. The zero-order valence-electron chi connectivity index (χ0n) is 10.8. The second-order valence-electron chi connectivity index (χ2n) is 4.23. The van der Waals surface area contributed by atoms with Gasteiger partial charge in [-0.1, -0.05) is 25.5 Å².